The number of hydrogen-bond donors (Lipinski definition) is 1. The molecule has 0 aliphatic carbocycles. The Bertz CT molecular complexity index is 538. The molecule has 1 fully saturated rings. The van der Waals surface area contributed by atoms with Crippen molar-refractivity contribution in [1.29, 1.82) is 0 Å². The molecule has 2 aliphatic rings. The van der Waals surface area contributed by atoms with Crippen molar-refractivity contribution in [2.45, 2.75) is 25.8 Å². The quantitative estimate of drug-likeness (QED) is 0.893. The van der Waals surface area contributed by atoms with Crippen LogP contribution < -0.4 is 5.32 Å². The molecule has 3 amide bonds. The monoisotopic (exact) mass is 287 g/mol. The van der Waals surface area contributed by atoms with Crippen LogP contribution in [0.25, 0.3) is 0 Å². The maximum absolute atomic E-state index is 12.2. The molecule has 1 aromatic rings. The first-order valence-electron chi connectivity index (χ1n) is 7.61. The number of nitrogens with zero attached hydrogens (tertiary/aromatic N) is 2. The fraction of sp³-hybridized carbons (Fsp3) is 0.500. The highest BCUT2D eigenvalue weighted by Crippen LogP contribution is 2.18. The summed E-state index contributed by atoms with van der Waals surface area (Å²) in [6, 6.07) is 8.11. The zero-order valence-corrected chi connectivity index (χ0v) is 12.2. The zero-order valence-electron chi connectivity index (χ0n) is 12.2. The minimum absolute atomic E-state index is 0.00273. The number of fused-ring (bicyclic) bond motifs is 1. The van der Waals surface area contributed by atoms with E-state index in [0.717, 1.165) is 38.9 Å². The molecule has 2 heterocycles. The number of urea groups is 1. The average molecular weight is 287 g/mol. The Morgan fingerprint density at radius 1 is 1.00 bits per heavy atom. The smallest absolute Gasteiger partial charge is 0.317 e. The molecule has 0 aromatic heterocycles. The van der Waals surface area contributed by atoms with Crippen molar-refractivity contribution in [3.05, 3.63) is 35.4 Å². The van der Waals surface area contributed by atoms with Crippen molar-refractivity contribution in [1.82, 2.24) is 15.1 Å². The molecule has 21 heavy (non-hydrogen) atoms. The summed E-state index contributed by atoms with van der Waals surface area (Å²) >= 11 is 0. The summed E-state index contributed by atoms with van der Waals surface area (Å²) in [7, 11) is 0. The third-order valence-corrected chi connectivity index (χ3v) is 4.27. The van der Waals surface area contributed by atoms with Crippen LogP contribution in [0.5, 0.6) is 0 Å². The van der Waals surface area contributed by atoms with E-state index in [2.05, 4.69) is 17.4 Å². The Kier molecular flexibility index (Phi) is 4.08. The molecule has 0 spiro atoms. The molecule has 5 nitrogen and oxygen atoms in total. The van der Waals surface area contributed by atoms with E-state index in [4.69, 9.17) is 0 Å². The number of hydrogen-bond acceptors (Lipinski definition) is 2. The van der Waals surface area contributed by atoms with E-state index < -0.39 is 0 Å². The fourth-order valence-electron chi connectivity index (χ4n) is 3.00. The van der Waals surface area contributed by atoms with E-state index in [1.165, 1.54) is 11.1 Å². The summed E-state index contributed by atoms with van der Waals surface area (Å²) in [5.74, 6) is -0.00273. The SMILES string of the molecule is O=C(CNC(=O)N1CCCC1)N1CCc2ccccc2C1. The second kappa shape index (κ2) is 6.16. The topological polar surface area (TPSA) is 52.7 Å². The lowest BCUT2D eigenvalue weighted by Crippen LogP contribution is -2.45. The van der Waals surface area contributed by atoms with Crippen LogP contribution in [-0.4, -0.2) is 47.9 Å². The van der Waals surface area contributed by atoms with Crippen LogP contribution in [0.1, 0.15) is 24.0 Å². The van der Waals surface area contributed by atoms with Crippen LogP contribution in [0.15, 0.2) is 24.3 Å². The molecule has 5 heteroatoms. The summed E-state index contributed by atoms with van der Waals surface area (Å²) in [5.41, 5.74) is 2.53. The van der Waals surface area contributed by atoms with Crippen LogP contribution in [0.4, 0.5) is 4.79 Å². The van der Waals surface area contributed by atoms with E-state index >= 15 is 0 Å². The Labute approximate surface area is 124 Å². The Hall–Kier alpha value is -2.04. The average Bonchev–Trinajstić information content (AvgIpc) is 3.06. The highest BCUT2D eigenvalue weighted by molar-refractivity contribution is 5.84. The first kappa shape index (κ1) is 13.9. The number of carbonyl (C=O) groups is 2. The number of benzene rings is 1. The number of carbonyl (C=O) groups excluding carboxylic acids is 2. The van der Waals surface area contributed by atoms with Crippen molar-refractivity contribution in [2.24, 2.45) is 0 Å². The third kappa shape index (κ3) is 3.17. The van der Waals surface area contributed by atoms with Gasteiger partial charge < -0.3 is 15.1 Å². The van der Waals surface area contributed by atoms with E-state index in [-0.39, 0.29) is 18.5 Å². The van der Waals surface area contributed by atoms with Crippen LogP contribution in [0.3, 0.4) is 0 Å². The lowest BCUT2D eigenvalue weighted by Gasteiger charge is -2.29. The molecule has 1 aromatic carbocycles. The first-order chi connectivity index (χ1) is 10.2. The van der Waals surface area contributed by atoms with Gasteiger partial charge in [-0.25, -0.2) is 4.79 Å². The van der Waals surface area contributed by atoms with E-state index in [9.17, 15) is 9.59 Å². The van der Waals surface area contributed by atoms with E-state index in [1.807, 2.05) is 17.0 Å². The molecular formula is C16H21N3O2. The van der Waals surface area contributed by atoms with Crippen molar-refractivity contribution in [3.63, 3.8) is 0 Å². The maximum atomic E-state index is 12.2. The lowest BCUT2D eigenvalue weighted by atomic mass is 10.00. The molecule has 0 bridgehead atoms. The molecule has 1 N–H and O–H groups in total. The Morgan fingerprint density at radius 3 is 2.48 bits per heavy atom. The summed E-state index contributed by atoms with van der Waals surface area (Å²) < 4.78 is 0. The van der Waals surface area contributed by atoms with Gasteiger partial charge in [-0.15, -0.1) is 0 Å². The van der Waals surface area contributed by atoms with E-state index in [0.29, 0.717) is 6.54 Å². The molecule has 0 atom stereocenters. The van der Waals surface area contributed by atoms with Gasteiger partial charge in [-0.05, 0) is 30.4 Å². The molecule has 112 valence electrons. The van der Waals surface area contributed by atoms with Gasteiger partial charge in [0.1, 0.15) is 0 Å². The maximum Gasteiger partial charge on any atom is 0.317 e. The van der Waals surface area contributed by atoms with Gasteiger partial charge in [-0.2, -0.15) is 0 Å². The minimum Gasteiger partial charge on any atom is -0.336 e. The van der Waals surface area contributed by atoms with Crippen LogP contribution in [-0.2, 0) is 17.8 Å². The molecule has 0 saturated carbocycles. The van der Waals surface area contributed by atoms with Gasteiger partial charge in [0.2, 0.25) is 5.91 Å². The molecule has 0 unspecified atom stereocenters. The normalized spacial score (nSPS) is 17.5. The molecule has 0 radical (unpaired) electrons. The highest BCUT2D eigenvalue weighted by Gasteiger charge is 2.22. The van der Waals surface area contributed by atoms with Crippen molar-refractivity contribution in [2.75, 3.05) is 26.2 Å². The van der Waals surface area contributed by atoms with Crippen LogP contribution in [0.2, 0.25) is 0 Å². The summed E-state index contributed by atoms with van der Waals surface area (Å²) in [5, 5.41) is 2.74. The van der Waals surface area contributed by atoms with Gasteiger partial charge in [-0.3, -0.25) is 4.79 Å². The lowest BCUT2D eigenvalue weighted by molar-refractivity contribution is -0.131. The number of nitrogens with one attached hydrogen (secondary N) is 1. The molecule has 3 rings (SSSR count). The van der Waals surface area contributed by atoms with Crippen LogP contribution >= 0.6 is 0 Å². The van der Waals surface area contributed by atoms with Crippen molar-refractivity contribution in [3.8, 4) is 0 Å². The first-order valence-corrected chi connectivity index (χ1v) is 7.61. The van der Waals surface area contributed by atoms with Gasteiger partial charge in [0.25, 0.3) is 0 Å². The molecule has 1 saturated heterocycles. The Balaban J connectivity index is 1.51. The predicted octanol–water partition coefficient (Wildman–Crippen LogP) is 1.38. The second-order valence-corrected chi connectivity index (χ2v) is 5.69. The van der Waals surface area contributed by atoms with Crippen molar-refractivity contribution < 1.29 is 9.59 Å². The summed E-state index contributed by atoms with van der Waals surface area (Å²) in [6.07, 6.45) is 3.01. The number of likely N-dealkylation sites (tertiary alicyclic amines) is 1. The summed E-state index contributed by atoms with van der Waals surface area (Å²) in [6.45, 7) is 3.08. The summed E-state index contributed by atoms with van der Waals surface area (Å²) in [4.78, 5) is 27.7. The fourth-order valence-corrected chi connectivity index (χ4v) is 3.00. The number of amides is 3. The molecular weight excluding hydrogens is 266 g/mol. The van der Waals surface area contributed by atoms with Gasteiger partial charge in [0.05, 0.1) is 6.54 Å². The second-order valence-electron chi connectivity index (χ2n) is 5.69. The highest BCUT2D eigenvalue weighted by atomic mass is 16.2. The zero-order chi connectivity index (χ0) is 14.7. The molecule has 2 aliphatic heterocycles. The minimum atomic E-state index is -0.113. The standard InChI is InChI=1S/C16H21N3O2/c20-15(11-17-16(21)18-8-3-4-9-18)19-10-7-13-5-1-2-6-14(13)12-19/h1-2,5-6H,3-4,7-12H2,(H,17,21). The predicted molar refractivity (Wildman–Crippen MR) is 79.8 cm³/mol. The van der Waals surface area contributed by atoms with E-state index in [1.54, 1.807) is 4.90 Å². The number of rotatable bonds is 2. The van der Waals surface area contributed by atoms with Crippen molar-refractivity contribution >= 4 is 11.9 Å². The van der Waals surface area contributed by atoms with Gasteiger partial charge >= 0.3 is 6.03 Å². The van der Waals surface area contributed by atoms with Gasteiger partial charge in [0, 0.05) is 26.2 Å². The largest absolute Gasteiger partial charge is 0.336 e. The Morgan fingerprint density at radius 2 is 1.71 bits per heavy atom. The third-order valence-electron chi connectivity index (χ3n) is 4.27. The van der Waals surface area contributed by atoms with Gasteiger partial charge in [-0.1, -0.05) is 24.3 Å². The van der Waals surface area contributed by atoms with Crippen LogP contribution in [0, 0.1) is 0 Å². The van der Waals surface area contributed by atoms with Gasteiger partial charge in [0.15, 0.2) is 0 Å².